The summed E-state index contributed by atoms with van der Waals surface area (Å²) in [4.78, 5) is 33.4. The van der Waals surface area contributed by atoms with E-state index in [1.54, 1.807) is 24.3 Å². The first-order chi connectivity index (χ1) is 15.9. The molecule has 2 amide bonds. The summed E-state index contributed by atoms with van der Waals surface area (Å²) in [7, 11) is 1.74. The summed E-state index contributed by atoms with van der Waals surface area (Å²) in [6.07, 6.45) is 3.26. The van der Waals surface area contributed by atoms with Gasteiger partial charge in [0.25, 0.3) is 11.8 Å². The number of amides is 2. The molecule has 33 heavy (non-hydrogen) atoms. The van der Waals surface area contributed by atoms with Crippen molar-refractivity contribution in [2.45, 2.75) is 39.2 Å². The number of rotatable bonds is 7. The Morgan fingerprint density at radius 3 is 2.70 bits per heavy atom. The van der Waals surface area contributed by atoms with E-state index in [0.29, 0.717) is 25.3 Å². The number of hydrogen-bond donors (Lipinski definition) is 0. The molecule has 1 aromatic carbocycles. The summed E-state index contributed by atoms with van der Waals surface area (Å²) >= 11 is 1.52. The number of hydrogen-bond acceptors (Lipinski definition) is 6. The molecule has 0 unspecified atom stereocenters. The lowest BCUT2D eigenvalue weighted by Crippen LogP contribution is -2.40. The van der Waals surface area contributed by atoms with Crippen molar-refractivity contribution in [1.29, 1.82) is 0 Å². The van der Waals surface area contributed by atoms with Gasteiger partial charge in [-0.2, -0.15) is 0 Å². The number of aryl methyl sites for hydroxylation is 2. The highest BCUT2D eigenvalue weighted by Crippen LogP contribution is 2.30. The zero-order valence-corrected chi connectivity index (χ0v) is 20.1. The van der Waals surface area contributed by atoms with Crippen molar-refractivity contribution >= 4 is 23.2 Å². The molecule has 3 aromatic rings. The van der Waals surface area contributed by atoms with Crippen LogP contribution >= 0.6 is 11.3 Å². The fourth-order valence-corrected chi connectivity index (χ4v) is 4.86. The van der Waals surface area contributed by atoms with Gasteiger partial charge < -0.3 is 19.0 Å². The number of nitrogens with zero attached hydrogens (tertiary/aromatic N) is 3. The van der Waals surface area contributed by atoms with Gasteiger partial charge in [0.05, 0.1) is 17.8 Å². The van der Waals surface area contributed by atoms with Gasteiger partial charge in [-0.05, 0) is 62.1 Å². The molecule has 0 bridgehead atoms. The normalized spacial score (nSPS) is 14.3. The second-order valence-electron chi connectivity index (χ2n) is 8.50. The third kappa shape index (κ3) is 5.63. The summed E-state index contributed by atoms with van der Waals surface area (Å²) < 4.78 is 11.0. The molecule has 3 heterocycles. The number of carbonyl (C=O) groups excluding carboxylic acids is 2. The van der Waals surface area contributed by atoms with E-state index in [-0.39, 0.29) is 24.3 Å². The van der Waals surface area contributed by atoms with Gasteiger partial charge in [0.15, 0.2) is 6.61 Å². The standard InChI is InChI=1S/C25H29N3O4S/c1-17-6-7-20(13-18(17)2)32-15-23(29)28-10-8-19(9-11-28)24-26-22(16-33-24)25(30)27(3)14-21-5-4-12-31-21/h4-7,12-13,16,19H,8-11,14-15H2,1-3H3. The molecule has 0 aliphatic carbocycles. The molecule has 0 radical (unpaired) electrons. The van der Waals surface area contributed by atoms with E-state index in [9.17, 15) is 9.59 Å². The van der Waals surface area contributed by atoms with Crippen molar-refractivity contribution in [2.75, 3.05) is 26.7 Å². The molecule has 174 valence electrons. The third-order valence-electron chi connectivity index (χ3n) is 6.10. The SMILES string of the molecule is Cc1ccc(OCC(=O)N2CCC(c3nc(C(=O)N(C)Cc4ccco4)cs3)CC2)cc1C. The number of thiazole rings is 1. The molecule has 0 atom stereocenters. The van der Waals surface area contributed by atoms with Crippen LogP contribution in [-0.2, 0) is 11.3 Å². The lowest BCUT2D eigenvalue weighted by molar-refractivity contribution is -0.134. The van der Waals surface area contributed by atoms with Crippen LogP contribution in [0.2, 0.25) is 0 Å². The van der Waals surface area contributed by atoms with Crippen LogP contribution in [0.1, 0.15) is 51.1 Å². The fourth-order valence-electron chi connectivity index (χ4n) is 3.89. The number of benzene rings is 1. The third-order valence-corrected chi connectivity index (χ3v) is 7.11. The van der Waals surface area contributed by atoms with Crippen molar-refractivity contribution in [2.24, 2.45) is 0 Å². The van der Waals surface area contributed by atoms with Gasteiger partial charge in [0.1, 0.15) is 17.2 Å². The number of piperidine rings is 1. The summed E-state index contributed by atoms with van der Waals surface area (Å²) in [5.74, 6) is 1.60. The summed E-state index contributed by atoms with van der Waals surface area (Å²) in [5, 5.41) is 2.79. The quantitative estimate of drug-likeness (QED) is 0.514. The van der Waals surface area contributed by atoms with E-state index < -0.39 is 0 Å². The van der Waals surface area contributed by atoms with E-state index in [1.807, 2.05) is 41.5 Å². The first-order valence-corrected chi connectivity index (χ1v) is 12.0. The van der Waals surface area contributed by atoms with Crippen LogP contribution in [0.15, 0.2) is 46.4 Å². The molecule has 0 saturated carbocycles. The van der Waals surface area contributed by atoms with Gasteiger partial charge in [-0.15, -0.1) is 11.3 Å². The smallest absolute Gasteiger partial charge is 0.273 e. The molecule has 7 nitrogen and oxygen atoms in total. The molecule has 1 aliphatic heterocycles. The minimum Gasteiger partial charge on any atom is -0.484 e. The van der Waals surface area contributed by atoms with Crippen molar-refractivity contribution in [3.05, 3.63) is 69.6 Å². The Morgan fingerprint density at radius 1 is 1.21 bits per heavy atom. The van der Waals surface area contributed by atoms with Crippen LogP contribution in [0.3, 0.4) is 0 Å². The maximum absolute atomic E-state index is 12.7. The molecule has 0 spiro atoms. The second kappa shape index (κ2) is 10.2. The zero-order valence-electron chi connectivity index (χ0n) is 19.2. The van der Waals surface area contributed by atoms with Crippen molar-refractivity contribution < 1.29 is 18.7 Å². The van der Waals surface area contributed by atoms with Crippen LogP contribution in [0.5, 0.6) is 5.75 Å². The Morgan fingerprint density at radius 2 is 2.00 bits per heavy atom. The van der Waals surface area contributed by atoms with Gasteiger partial charge in [-0.1, -0.05) is 6.07 Å². The lowest BCUT2D eigenvalue weighted by atomic mass is 9.97. The topological polar surface area (TPSA) is 75.9 Å². The monoisotopic (exact) mass is 467 g/mol. The Hall–Kier alpha value is -3.13. The van der Waals surface area contributed by atoms with Gasteiger partial charge in [0.2, 0.25) is 0 Å². The molecule has 1 fully saturated rings. The van der Waals surface area contributed by atoms with E-state index in [1.165, 1.54) is 16.9 Å². The predicted octanol–water partition coefficient (Wildman–Crippen LogP) is 4.41. The number of likely N-dealkylation sites (tertiary alicyclic amines) is 1. The lowest BCUT2D eigenvalue weighted by Gasteiger charge is -2.31. The van der Waals surface area contributed by atoms with Crippen LogP contribution in [-0.4, -0.2) is 53.3 Å². The highest BCUT2D eigenvalue weighted by atomic mass is 32.1. The van der Waals surface area contributed by atoms with Crippen LogP contribution in [0, 0.1) is 13.8 Å². The first kappa shape index (κ1) is 23.0. The first-order valence-electron chi connectivity index (χ1n) is 11.1. The Labute approximate surface area is 198 Å². The average molecular weight is 468 g/mol. The zero-order chi connectivity index (χ0) is 23.4. The summed E-state index contributed by atoms with van der Waals surface area (Å²) in [5.41, 5.74) is 2.81. The number of furan rings is 1. The van der Waals surface area contributed by atoms with Gasteiger partial charge in [-0.3, -0.25) is 9.59 Å². The Kier molecular flexibility index (Phi) is 7.13. The average Bonchev–Trinajstić information content (AvgIpc) is 3.52. The number of carbonyl (C=O) groups is 2. The van der Waals surface area contributed by atoms with Crippen molar-refractivity contribution in [1.82, 2.24) is 14.8 Å². The van der Waals surface area contributed by atoms with Crippen LogP contribution in [0.4, 0.5) is 0 Å². The van der Waals surface area contributed by atoms with Gasteiger partial charge >= 0.3 is 0 Å². The fraction of sp³-hybridized carbons (Fsp3) is 0.400. The van der Waals surface area contributed by atoms with E-state index >= 15 is 0 Å². The molecular formula is C25H29N3O4S. The van der Waals surface area contributed by atoms with Crippen LogP contribution < -0.4 is 4.74 Å². The maximum Gasteiger partial charge on any atom is 0.273 e. The maximum atomic E-state index is 12.7. The molecule has 1 aliphatic rings. The van der Waals surface area contributed by atoms with Crippen molar-refractivity contribution in [3.8, 4) is 5.75 Å². The van der Waals surface area contributed by atoms with E-state index in [0.717, 1.165) is 34.9 Å². The molecule has 2 aromatic heterocycles. The minimum absolute atomic E-state index is 0.00114. The predicted molar refractivity (Wildman–Crippen MR) is 127 cm³/mol. The van der Waals surface area contributed by atoms with Crippen molar-refractivity contribution in [3.63, 3.8) is 0 Å². The molecular weight excluding hydrogens is 438 g/mol. The van der Waals surface area contributed by atoms with E-state index in [2.05, 4.69) is 11.9 Å². The Balaban J connectivity index is 1.26. The Bertz CT molecular complexity index is 1100. The highest BCUT2D eigenvalue weighted by Gasteiger charge is 2.27. The largest absolute Gasteiger partial charge is 0.484 e. The molecule has 8 heteroatoms. The highest BCUT2D eigenvalue weighted by molar-refractivity contribution is 7.09. The number of aromatic nitrogens is 1. The summed E-state index contributed by atoms with van der Waals surface area (Å²) in [6, 6.07) is 9.51. The number of ether oxygens (including phenoxy) is 1. The van der Waals surface area contributed by atoms with Gasteiger partial charge in [0, 0.05) is 31.4 Å². The molecule has 1 saturated heterocycles. The minimum atomic E-state index is -0.120. The van der Waals surface area contributed by atoms with Crippen LogP contribution in [0.25, 0.3) is 0 Å². The second-order valence-corrected chi connectivity index (χ2v) is 9.39. The van der Waals surface area contributed by atoms with Gasteiger partial charge in [-0.25, -0.2) is 4.98 Å². The summed E-state index contributed by atoms with van der Waals surface area (Å²) in [6.45, 7) is 5.87. The molecule has 4 rings (SSSR count). The van der Waals surface area contributed by atoms with E-state index in [4.69, 9.17) is 9.15 Å². The molecule has 0 N–H and O–H groups in total.